The minimum Gasteiger partial charge on any atom is -0.493 e. The van der Waals surface area contributed by atoms with E-state index in [1.165, 1.54) is 0 Å². The van der Waals surface area contributed by atoms with Crippen molar-refractivity contribution in [3.63, 3.8) is 0 Å². The average Bonchev–Trinajstić information content (AvgIpc) is 2.44. The number of benzene rings is 1. The molecule has 0 aliphatic heterocycles. The summed E-state index contributed by atoms with van der Waals surface area (Å²) in [6, 6.07) is 5.85. The first-order chi connectivity index (χ1) is 9.71. The Bertz CT molecular complexity index is 384. The van der Waals surface area contributed by atoms with Crippen LogP contribution in [-0.4, -0.2) is 47.2 Å². The molecule has 1 rings (SSSR count). The van der Waals surface area contributed by atoms with Gasteiger partial charge in [0.15, 0.2) is 11.5 Å². The zero-order chi connectivity index (χ0) is 14.8. The highest BCUT2D eigenvalue weighted by Gasteiger charge is 2.09. The van der Waals surface area contributed by atoms with Crippen LogP contribution in [0.3, 0.4) is 0 Å². The van der Waals surface area contributed by atoms with E-state index in [9.17, 15) is 0 Å². The van der Waals surface area contributed by atoms with Crippen molar-refractivity contribution in [2.24, 2.45) is 5.73 Å². The SMILES string of the molecule is COCCCOc1cc(C[C@@H](N)COC)ccc1OC. The molecule has 20 heavy (non-hydrogen) atoms. The average molecular weight is 283 g/mol. The van der Waals surface area contributed by atoms with Crippen LogP contribution in [0.4, 0.5) is 0 Å². The van der Waals surface area contributed by atoms with Gasteiger partial charge in [-0.2, -0.15) is 0 Å². The Balaban J connectivity index is 2.64. The normalized spacial score (nSPS) is 12.2. The van der Waals surface area contributed by atoms with Gasteiger partial charge in [0.1, 0.15) is 0 Å². The summed E-state index contributed by atoms with van der Waals surface area (Å²) in [5.74, 6) is 1.47. The monoisotopic (exact) mass is 283 g/mol. The van der Waals surface area contributed by atoms with Crippen LogP contribution >= 0.6 is 0 Å². The molecule has 0 aliphatic rings. The number of nitrogens with two attached hydrogens (primary N) is 1. The van der Waals surface area contributed by atoms with E-state index in [2.05, 4.69) is 0 Å². The predicted molar refractivity (Wildman–Crippen MR) is 78.5 cm³/mol. The van der Waals surface area contributed by atoms with Gasteiger partial charge in [0.25, 0.3) is 0 Å². The molecule has 0 bridgehead atoms. The molecule has 0 spiro atoms. The maximum absolute atomic E-state index is 5.96. The molecule has 1 atom stereocenters. The van der Waals surface area contributed by atoms with Crippen molar-refractivity contribution in [3.8, 4) is 11.5 Å². The van der Waals surface area contributed by atoms with Gasteiger partial charge in [0, 0.05) is 33.3 Å². The summed E-state index contributed by atoms with van der Waals surface area (Å²) in [5, 5.41) is 0. The van der Waals surface area contributed by atoms with Crippen molar-refractivity contribution in [1.29, 1.82) is 0 Å². The highest BCUT2D eigenvalue weighted by Crippen LogP contribution is 2.28. The van der Waals surface area contributed by atoms with E-state index in [4.69, 9.17) is 24.7 Å². The number of rotatable bonds is 10. The fourth-order valence-electron chi connectivity index (χ4n) is 1.92. The number of hydrogen-bond donors (Lipinski definition) is 1. The molecule has 0 aliphatic carbocycles. The Morgan fingerprint density at radius 1 is 1.05 bits per heavy atom. The lowest BCUT2D eigenvalue weighted by atomic mass is 10.1. The summed E-state index contributed by atoms with van der Waals surface area (Å²) in [4.78, 5) is 0. The molecule has 0 heterocycles. The third kappa shape index (κ3) is 5.77. The van der Waals surface area contributed by atoms with E-state index in [-0.39, 0.29) is 6.04 Å². The molecule has 2 N–H and O–H groups in total. The van der Waals surface area contributed by atoms with Gasteiger partial charge in [-0.1, -0.05) is 6.07 Å². The highest BCUT2D eigenvalue weighted by molar-refractivity contribution is 5.43. The molecule has 0 amide bonds. The molecule has 5 heteroatoms. The van der Waals surface area contributed by atoms with E-state index in [1.54, 1.807) is 21.3 Å². The Labute approximate surface area is 121 Å². The molecule has 5 nitrogen and oxygen atoms in total. The highest BCUT2D eigenvalue weighted by atomic mass is 16.5. The maximum atomic E-state index is 5.96. The molecule has 1 aromatic rings. The fourth-order valence-corrected chi connectivity index (χ4v) is 1.92. The van der Waals surface area contributed by atoms with Crippen molar-refractivity contribution in [2.75, 3.05) is 41.2 Å². The molecule has 0 saturated carbocycles. The topological polar surface area (TPSA) is 62.9 Å². The Morgan fingerprint density at radius 2 is 1.85 bits per heavy atom. The smallest absolute Gasteiger partial charge is 0.161 e. The lowest BCUT2D eigenvalue weighted by Crippen LogP contribution is -2.27. The van der Waals surface area contributed by atoms with Gasteiger partial charge in [0.2, 0.25) is 0 Å². The molecule has 0 fully saturated rings. The Hall–Kier alpha value is -1.30. The van der Waals surface area contributed by atoms with E-state index >= 15 is 0 Å². The van der Waals surface area contributed by atoms with Gasteiger partial charge in [-0.05, 0) is 24.1 Å². The second-order valence-electron chi connectivity index (χ2n) is 4.60. The minimum atomic E-state index is -0.0188. The van der Waals surface area contributed by atoms with Gasteiger partial charge in [-0.25, -0.2) is 0 Å². The van der Waals surface area contributed by atoms with Crippen molar-refractivity contribution in [2.45, 2.75) is 18.9 Å². The first-order valence-corrected chi connectivity index (χ1v) is 6.74. The van der Waals surface area contributed by atoms with Gasteiger partial charge in [0.05, 0.1) is 20.3 Å². The fraction of sp³-hybridized carbons (Fsp3) is 0.600. The van der Waals surface area contributed by atoms with Crippen LogP contribution in [0.2, 0.25) is 0 Å². The maximum Gasteiger partial charge on any atom is 0.161 e. The lowest BCUT2D eigenvalue weighted by Gasteiger charge is -2.14. The molecular formula is C15H25NO4. The van der Waals surface area contributed by atoms with Crippen LogP contribution in [0, 0.1) is 0 Å². The molecule has 0 aromatic heterocycles. The van der Waals surface area contributed by atoms with Crippen molar-refractivity contribution >= 4 is 0 Å². The van der Waals surface area contributed by atoms with Crippen LogP contribution in [-0.2, 0) is 15.9 Å². The first kappa shape index (κ1) is 16.8. The quantitative estimate of drug-likeness (QED) is 0.661. The van der Waals surface area contributed by atoms with E-state index in [1.807, 2.05) is 18.2 Å². The Kier molecular flexibility index (Phi) is 8.02. The molecule has 0 saturated heterocycles. The summed E-state index contributed by atoms with van der Waals surface area (Å²) in [6.07, 6.45) is 1.58. The lowest BCUT2D eigenvalue weighted by molar-refractivity contribution is 0.170. The molecule has 0 unspecified atom stereocenters. The van der Waals surface area contributed by atoms with Gasteiger partial charge in [-0.15, -0.1) is 0 Å². The van der Waals surface area contributed by atoms with Crippen LogP contribution in [0.1, 0.15) is 12.0 Å². The first-order valence-electron chi connectivity index (χ1n) is 6.74. The zero-order valence-electron chi connectivity index (χ0n) is 12.6. The van der Waals surface area contributed by atoms with Crippen LogP contribution in [0.25, 0.3) is 0 Å². The van der Waals surface area contributed by atoms with Gasteiger partial charge < -0.3 is 24.7 Å². The summed E-state index contributed by atoms with van der Waals surface area (Å²) in [6.45, 7) is 1.81. The van der Waals surface area contributed by atoms with E-state index in [0.29, 0.717) is 19.8 Å². The van der Waals surface area contributed by atoms with Crippen LogP contribution in [0.15, 0.2) is 18.2 Å². The summed E-state index contributed by atoms with van der Waals surface area (Å²) in [7, 11) is 4.96. The van der Waals surface area contributed by atoms with Gasteiger partial charge in [-0.3, -0.25) is 0 Å². The standard InChI is InChI=1S/C15H25NO4/c1-17-7-4-8-20-15-10-12(5-6-14(15)19-3)9-13(16)11-18-2/h5-6,10,13H,4,7-9,11,16H2,1-3H3/t13-/m1/s1. The van der Waals surface area contributed by atoms with Crippen molar-refractivity contribution in [1.82, 2.24) is 0 Å². The minimum absolute atomic E-state index is 0.0188. The molecule has 0 radical (unpaired) electrons. The van der Waals surface area contributed by atoms with E-state index in [0.717, 1.165) is 29.9 Å². The Morgan fingerprint density at radius 3 is 2.50 bits per heavy atom. The van der Waals surface area contributed by atoms with Gasteiger partial charge >= 0.3 is 0 Å². The summed E-state index contributed by atoms with van der Waals surface area (Å²) >= 11 is 0. The largest absolute Gasteiger partial charge is 0.493 e. The zero-order valence-corrected chi connectivity index (χ0v) is 12.6. The third-order valence-corrected chi connectivity index (χ3v) is 2.86. The molecule has 114 valence electrons. The van der Waals surface area contributed by atoms with Crippen LogP contribution in [0.5, 0.6) is 11.5 Å². The molecular weight excluding hydrogens is 258 g/mol. The third-order valence-electron chi connectivity index (χ3n) is 2.86. The van der Waals surface area contributed by atoms with Crippen LogP contribution < -0.4 is 15.2 Å². The second kappa shape index (κ2) is 9.58. The summed E-state index contributed by atoms with van der Waals surface area (Å²) in [5.41, 5.74) is 7.07. The number of ether oxygens (including phenoxy) is 4. The molecule has 1 aromatic carbocycles. The van der Waals surface area contributed by atoms with Crippen molar-refractivity contribution in [3.05, 3.63) is 23.8 Å². The second-order valence-corrected chi connectivity index (χ2v) is 4.60. The van der Waals surface area contributed by atoms with E-state index < -0.39 is 0 Å². The number of methoxy groups -OCH3 is 3. The predicted octanol–water partition coefficient (Wildman–Crippen LogP) is 1.63. The van der Waals surface area contributed by atoms with Crippen molar-refractivity contribution < 1.29 is 18.9 Å². The summed E-state index contributed by atoms with van der Waals surface area (Å²) < 4.78 is 21.1. The number of hydrogen-bond acceptors (Lipinski definition) is 5.